The molecule has 1 aliphatic rings. The Labute approximate surface area is 119 Å². The maximum absolute atomic E-state index is 12.1. The summed E-state index contributed by atoms with van der Waals surface area (Å²) in [7, 11) is 0. The summed E-state index contributed by atoms with van der Waals surface area (Å²) in [6, 6.07) is 7.27. The van der Waals surface area contributed by atoms with Gasteiger partial charge in [-0.3, -0.25) is 9.69 Å². The first kappa shape index (κ1) is 14.4. The van der Waals surface area contributed by atoms with E-state index in [1.165, 1.54) is 0 Å². The minimum Gasteiger partial charge on any atom is -0.336 e. The van der Waals surface area contributed by atoms with Crippen LogP contribution in [-0.2, 0) is 4.79 Å². The van der Waals surface area contributed by atoms with Crippen molar-refractivity contribution in [3.05, 3.63) is 24.3 Å². The van der Waals surface area contributed by atoms with Crippen LogP contribution in [-0.4, -0.2) is 25.0 Å². The molecule has 1 aromatic carbocycles. The summed E-state index contributed by atoms with van der Waals surface area (Å²) < 4.78 is 0. The molecule has 2 rings (SSSR count). The molecule has 0 spiro atoms. The highest BCUT2D eigenvalue weighted by Gasteiger charge is 2.25. The van der Waals surface area contributed by atoms with Crippen LogP contribution in [0, 0.1) is 5.41 Å². The van der Waals surface area contributed by atoms with E-state index in [2.05, 4.69) is 10.6 Å². The minimum atomic E-state index is -0.381. The van der Waals surface area contributed by atoms with Gasteiger partial charge in [-0.25, -0.2) is 4.79 Å². The lowest BCUT2D eigenvalue weighted by atomic mass is 9.89. The summed E-state index contributed by atoms with van der Waals surface area (Å²) in [5.74, 6) is 0.00617. The van der Waals surface area contributed by atoms with Gasteiger partial charge in [-0.2, -0.15) is 0 Å². The summed E-state index contributed by atoms with van der Waals surface area (Å²) in [6.07, 6.45) is 0.783. The Morgan fingerprint density at radius 3 is 2.50 bits per heavy atom. The number of anilines is 2. The number of urea groups is 1. The highest BCUT2D eigenvalue weighted by molar-refractivity contribution is 5.96. The van der Waals surface area contributed by atoms with Crippen LogP contribution in [0.5, 0.6) is 0 Å². The first-order valence-corrected chi connectivity index (χ1v) is 6.91. The van der Waals surface area contributed by atoms with Crippen molar-refractivity contribution in [3.63, 3.8) is 0 Å². The van der Waals surface area contributed by atoms with Crippen LogP contribution in [0.2, 0.25) is 0 Å². The smallest absolute Gasteiger partial charge is 0.321 e. The Morgan fingerprint density at radius 1 is 1.35 bits per heavy atom. The van der Waals surface area contributed by atoms with E-state index >= 15 is 0 Å². The SMILES string of the molecule is CCC(C)(C)C(=O)Nc1ccc(N2CCNC2=O)cc1. The minimum absolute atomic E-state index is 0.00617. The fraction of sp³-hybridized carbons (Fsp3) is 0.467. The van der Waals surface area contributed by atoms with Gasteiger partial charge < -0.3 is 10.6 Å². The summed E-state index contributed by atoms with van der Waals surface area (Å²) >= 11 is 0. The third-order valence-electron chi connectivity index (χ3n) is 3.79. The van der Waals surface area contributed by atoms with Gasteiger partial charge in [-0.1, -0.05) is 20.8 Å². The Bertz CT molecular complexity index is 508. The second kappa shape index (κ2) is 5.53. The van der Waals surface area contributed by atoms with Crippen molar-refractivity contribution in [1.29, 1.82) is 0 Å². The van der Waals surface area contributed by atoms with Crippen LogP contribution in [0.1, 0.15) is 27.2 Å². The Morgan fingerprint density at radius 2 is 2.00 bits per heavy atom. The number of hydrogen-bond donors (Lipinski definition) is 2. The van der Waals surface area contributed by atoms with Gasteiger partial charge in [0.15, 0.2) is 0 Å². The molecule has 2 N–H and O–H groups in total. The Kier molecular flexibility index (Phi) is 3.97. The molecule has 5 heteroatoms. The second-order valence-electron chi connectivity index (χ2n) is 5.62. The Hall–Kier alpha value is -2.04. The van der Waals surface area contributed by atoms with Gasteiger partial charge in [0.2, 0.25) is 5.91 Å². The molecule has 0 saturated carbocycles. The standard InChI is InChI=1S/C15H21N3O2/c1-4-15(2,3)13(19)17-11-5-7-12(8-6-11)18-10-9-16-14(18)20/h5-8H,4,9-10H2,1-3H3,(H,16,20)(H,17,19). The monoisotopic (exact) mass is 275 g/mol. The van der Waals surface area contributed by atoms with E-state index in [9.17, 15) is 9.59 Å². The number of nitrogens with one attached hydrogen (secondary N) is 2. The molecule has 0 aromatic heterocycles. The highest BCUT2D eigenvalue weighted by Crippen LogP contribution is 2.24. The van der Waals surface area contributed by atoms with Gasteiger partial charge in [0, 0.05) is 29.9 Å². The number of benzene rings is 1. The third kappa shape index (κ3) is 2.92. The highest BCUT2D eigenvalue weighted by atomic mass is 16.2. The molecule has 108 valence electrons. The van der Waals surface area contributed by atoms with Gasteiger partial charge in [0.05, 0.1) is 0 Å². The van der Waals surface area contributed by atoms with Crippen molar-refractivity contribution < 1.29 is 9.59 Å². The van der Waals surface area contributed by atoms with Crippen molar-refractivity contribution in [2.75, 3.05) is 23.3 Å². The van der Waals surface area contributed by atoms with Gasteiger partial charge in [0.25, 0.3) is 0 Å². The number of hydrogen-bond acceptors (Lipinski definition) is 2. The molecule has 0 radical (unpaired) electrons. The molecule has 1 aliphatic heterocycles. The predicted octanol–water partition coefficient (Wildman–Crippen LogP) is 2.59. The van der Waals surface area contributed by atoms with Gasteiger partial charge in [-0.05, 0) is 30.7 Å². The molecule has 1 saturated heterocycles. The van der Waals surface area contributed by atoms with Crippen LogP contribution in [0.3, 0.4) is 0 Å². The zero-order chi connectivity index (χ0) is 14.8. The summed E-state index contributed by atoms with van der Waals surface area (Å²) in [4.78, 5) is 25.3. The van der Waals surface area contributed by atoms with Crippen molar-refractivity contribution in [1.82, 2.24) is 5.32 Å². The molecule has 1 fully saturated rings. The summed E-state index contributed by atoms with van der Waals surface area (Å²) in [5.41, 5.74) is 1.21. The van der Waals surface area contributed by atoms with E-state index in [1.807, 2.05) is 45.0 Å². The number of carbonyl (C=O) groups excluding carboxylic acids is 2. The quantitative estimate of drug-likeness (QED) is 0.887. The summed E-state index contributed by atoms with van der Waals surface area (Å²) in [6.45, 7) is 7.18. The molecule has 20 heavy (non-hydrogen) atoms. The lowest BCUT2D eigenvalue weighted by Crippen LogP contribution is -2.30. The molecular weight excluding hydrogens is 254 g/mol. The molecule has 0 unspecified atom stereocenters. The number of rotatable bonds is 4. The van der Waals surface area contributed by atoms with Crippen molar-refractivity contribution in [2.24, 2.45) is 5.41 Å². The van der Waals surface area contributed by atoms with Crippen LogP contribution in [0.25, 0.3) is 0 Å². The number of nitrogens with zero attached hydrogens (tertiary/aromatic N) is 1. The molecule has 0 aliphatic carbocycles. The third-order valence-corrected chi connectivity index (χ3v) is 3.79. The molecule has 0 atom stereocenters. The zero-order valence-electron chi connectivity index (χ0n) is 12.2. The molecule has 5 nitrogen and oxygen atoms in total. The van der Waals surface area contributed by atoms with Crippen LogP contribution < -0.4 is 15.5 Å². The van der Waals surface area contributed by atoms with Crippen LogP contribution in [0.4, 0.5) is 16.2 Å². The number of carbonyl (C=O) groups is 2. The lowest BCUT2D eigenvalue weighted by molar-refractivity contribution is -0.124. The molecule has 0 bridgehead atoms. The lowest BCUT2D eigenvalue weighted by Gasteiger charge is -2.21. The van der Waals surface area contributed by atoms with Crippen molar-refractivity contribution in [3.8, 4) is 0 Å². The fourth-order valence-electron chi connectivity index (χ4n) is 1.90. The fourth-order valence-corrected chi connectivity index (χ4v) is 1.90. The predicted molar refractivity (Wildman–Crippen MR) is 79.9 cm³/mol. The molecular formula is C15H21N3O2. The van der Waals surface area contributed by atoms with E-state index in [0.717, 1.165) is 17.8 Å². The largest absolute Gasteiger partial charge is 0.336 e. The van der Waals surface area contributed by atoms with Crippen molar-refractivity contribution in [2.45, 2.75) is 27.2 Å². The maximum Gasteiger partial charge on any atom is 0.321 e. The molecule has 3 amide bonds. The first-order valence-electron chi connectivity index (χ1n) is 6.91. The van der Waals surface area contributed by atoms with E-state index in [0.29, 0.717) is 13.1 Å². The second-order valence-corrected chi connectivity index (χ2v) is 5.62. The van der Waals surface area contributed by atoms with Gasteiger partial charge in [0.1, 0.15) is 0 Å². The first-order chi connectivity index (χ1) is 9.44. The van der Waals surface area contributed by atoms with E-state index in [4.69, 9.17) is 0 Å². The Balaban J connectivity index is 2.05. The topological polar surface area (TPSA) is 61.4 Å². The average molecular weight is 275 g/mol. The van der Waals surface area contributed by atoms with Gasteiger partial charge >= 0.3 is 6.03 Å². The maximum atomic E-state index is 12.1. The summed E-state index contributed by atoms with van der Waals surface area (Å²) in [5, 5.41) is 5.66. The zero-order valence-corrected chi connectivity index (χ0v) is 12.2. The average Bonchev–Trinajstić information content (AvgIpc) is 2.86. The van der Waals surface area contributed by atoms with Gasteiger partial charge in [-0.15, -0.1) is 0 Å². The van der Waals surface area contributed by atoms with E-state index in [-0.39, 0.29) is 17.4 Å². The van der Waals surface area contributed by atoms with E-state index < -0.39 is 0 Å². The number of amides is 3. The van der Waals surface area contributed by atoms with Crippen LogP contribution >= 0.6 is 0 Å². The van der Waals surface area contributed by atoms with E-state index in [1.54, 1.807) is 4.90 Å². The normalized spacial score (nSPS) is 15.2. The molecule has 1 aromatic rings. The van der Waals surface area contributed by atoms with Crippen LogP contribution in [0.15, 0.2) is 24.3 Å². The van der Waals surface area contributed by atoms with Crippen molar-refractivity contribution >= 4 is 23.3 Å². The molecule has 1 heterocycles.